The van der Waals surface area contributed by atoms with Crippen molar-refractivity contribution in [1.82, 2.24) is 9.97 Å². The highest BCUT2D eigenvalue weighted by atomic mass is 79.9. The molecular weight excluding hydrogens is 403 g/mol. The Balaban J connectivity index is 2.29. The molecule has 1 aromatic carbocycles. The smallest absolute Gasteiger partial charge is 0.150 e. The van der Waals surface area contributed by atoms with Crippen LogP contribution < -0.4 is 10.6 Å². The van der Waals surface area contributed by atoms with Crippen molar-refractivity contribution in [3.63, 3.8) is 0 Å². The van der Waals surface area contributed by atoms with Crippen LogP contribution in [-0.2, 0) is 0 Å². The zero-order valence-electron chi connectivity index (χ0n) is 11.7. The molecule has 0 unspecified atom stereocenters. The van der Waals surface area contributed by atoms with Crippen LogP contribution in [0.4, 0.5) is 21.7 Å². The Morgan fingerprint density at radius 2 is 1.90 bits per heavy atom. The third-order valence-electron chi connectivity index (χ3n) is 2.85. The van der Waals surface area contributed by atoms with Crippen LogP contribution in [0.25, 0.3) is 0 Å². The molecule has 0 saturated heterocycles. The monoisotopic (exact) mass is 416 g/mol. The van der Waals surface area contributed by atoms with Crippen molar-refractivity contribution >= 4 is 49.2 Å². The molecule has 0 spiro atoms. The van der Waals surface area contributed by atoms with E-state index in [2.05, 4.69) is 59.4 Å². The summed E-state index contributed by atoms with van der Waals surface area (Å²) in [5.41, 5.74) is 1.58. The molecule has 0 radical (unpaired) electrons. The van der Waals surface area contributed by atoms with Crippen LogP contribution in [0.3, 0.4) is 0 Å². The van der Waals surface area contributed by atoms with E-state index in [9.17, 15) is 4.39 Å². The molecule has 2 aromatic rings. The van der Waals surface area contributed by atoms with Crippen molar-refractivity contribution < 1.29 is 4.39 Å². The molecule has 2 N–H and O–H groups in total. The molecule has 7 heteroatoms. The number of nitrogens with zero attached hydrogens (tertiary/aromatic N) is 2. The minimum Gasteiger partial charge on any atom is -0.369 e. The molecule has 0 amide bonds. The number of hydrogen-bond acceptors (Lipinski definition) is 4. The summed E-state index contributed by atoms with van der Waals surface area (Å²) in [5.74, 6) is 0.982. The summed E-state index contributed by atoms with van der Waals surface area (Å²) in [5, 5.41) is 6.33. The molecule has 1 aromatic heterocycles. The molecule has 0 aliphatic heterocycles. The molecule has 2 rings (SSSR count). The second-order valence-corrected chi connectivity index (χ2v) is 6.17. The Labute approximate surface area is 139 Å². The van der Waals surface area contributed by atoms with Gasteiger partial charge in [0.25, 0.3) is 0 Å². The van der Waals surface area contributed by atoms with E-state index in [4.69, 9.17) is 0 Å². The Morgan fingerprint density at radius 1 is 1.19 bits per heavy atom. The van der Waals surface area contributed by atoms with Gasteiger partial charge in [-0.3, -0.25) is 0 Å². The Morgan fingerprint density at radius 3 is 2.62 bits per heavy atom. The third kappa shape index (κ3) is 3.91. The lowest BCUT2D eigenvalue weighted by Gasteiger charge is -2.13. The highest BCUT2D eigenvalue weighted by molar-refractivity contribution is 9.11. The van der Waals surface area contributed by atoms with E-state index < -0.39 is 0 Å². The van der Waals surface area contributed by atoms with E-state index in [0.29, 0.717) is 21.8 Å². The highest BCUT2D eigenvalue weighted by Gasteiger charge is 2.11. The minimum absolute atomic E-state index is 0.322. The SMILES string of the molecule is CCCNc1ncnc(Nc2cc(F)c(Br)cc2C)c1Br. The number of nitrogens with one attached hydrogen (secondary N) is 2. The van der Waals surface area contributed by atoms with E-state index in [1.807, 2.05) is 6.92 Å². The van der Waals surface area contributed by atoms with Crippen molar-refractivity contribution in [3.05, 3.63) is 38.8 Å². The summed E-state index contributed by atoms with van der Waals surface area (Å²) in [4.78, 5) is 8.37. The van der Waals surface area contributed by atoms with Gasteiger partial charge in [-0.1, -0.05) is 6.92 Å². The number of aromatic nitrogens is 2. The van der Waals surface area contributed by atoms with Crippen LogP contribution in [0.15, 0.2) is 27.4 Å². The number of anilines is 3. The quantitative estimate of drug-likeness (QED) is 0.717. The lowest BCUT2D eigenvalue weighted by atomic mass is 10.2. The lowest BCUT2D eigenvalue weighted by molar-refractivity contribution is 0.621. The molecule has 0 saturated carbocycles. The van der Waals surface area contributed by atoms with Crippen LogP contribution in [0.2, 0.25) is 0 Å². The largest absolute Gasteiger partial charge is 0.369 e. The molecule has 1 heterocycles. The number of rotatable bonds is 5. The number of aryl methyl sites for hydroxylation is 1. The Kier molecular flexibility index (Phi) is 5.52. The minimum atomic E-state index is -0.322. The van der Waals surface area contributed by atoms with Gasteiger partial charge in [-0.25, -0.2) is 14.4 Å². The summed E-state index contributed by atoms with van der Waals surface area (Å²) < 4.78 is 14.8. The van der Waals surface area contributed by atoms with E-state index in [1.165, 1.54) is 12.4 Å². The fourth-order valence-electron chi connectivity index (χ4n) is 1.73. The first-order chi connectivity index (χ1) is 10.0. The standard InChI is InChI=1S/C14H15Br2FN4/c1-3-4-18-13-12(16)14(20-7-19-13)21-11-6-10(17)9(15)5-8(11)2/h5-7H,3-4H2,1-2H3,(H2,18,19,20,21). The van der Waals surface area contributed by atoms with Crippen LogP contribution in [0.5, 0.6) is 0 Å². The van der Waals surface area contributed by atoms with Crippen molar-refractivity contribution in [2.45, 2.75) is 20.3 Å². The lowest BCUT2D eigenvalue weighted by Crippen LogP contribution is -2.06. The molecule has 4 nitrogen and oxygen atoms in total. The van der Waals surface area contributed by atoms with Crippen LogP contribution in [-0.4, -0.2) is 16.5 Å². The highest BCUT2D eigenvalue weighted by Crippen LogP contribution is 2.31. The fourth-order valence-corrected chi connectivity index (χ4v) is 2.63. The zero-order chi connectivity index (χ0) is 15.4. The summed E-state index contributed by atoms with van der Waals surface area (Å²) in [6, 6.07) is 3.16. The number of benzene rings is 1. The van der Waals surface area contributed by atoms with Gasteiger partial charge >= 0.3 is 0 Å². The Bertz CT molecular complexity index is 649. The van der Waals surface area contributed by atoms with Crippen LogP contribution in [0, 0.1) is 12.7 Å². The number of hydrogen-bond donors (Lipinski definition) is 2. The normalized spacial score (nSPS) is 10.5. The van der Waals surface area contributed by atoms with E-state index in [0.717, 1.165) is 23.0 Å². The van der Waals surface area contributed by atoms with Crippen molar-refractivity contribution in [2.24, 2.45) is 0 Å². The molecular formula is C14H15Br2FN4. The third-order valence-corrected chi connectivity index (χ3v) is 4.21. The van der Waals surface area contributed by atoms with Gasteiger partial charge in [0, 0.05) is 12.2 Å². The maximum absolute atomic E-state index is 13.7. The second-order valence-electron chi connectivity index (χ2n) is 4.52. The van der Waals surface area contributed by atoms with E-state index in [1.54, 1.807) is 6.07 Å². The molecule has 0 atom stereocenters. The van der Waals surface area contributed by atoms with Gasteiger partial charge in [-0.05, 0) is 62.9 Å². The van der Waals surface area contributed by atoms with Gasteiger partial charge in [-0.15, -0.1) is 0 Å². The molecule has 21 heavy (non-hydrogen) atoms. The maximum atomic E-state index is 13.7. The Hall–Kier alpha value is -1.21. The predicted octanol–water partition coefficient (Wildman–Crippen LogP) is 5.01. The van der Waals surface area contributed by atoms with Gasteiger partial charge in [0.05, 0.1) is 4.47 Å². The molecule has 0 aliphatic carbocycles. The van der Waals surface area contributed by atoms with Gasteiger partial charge in [0.1, 0.15) is 28.3 Å². The average molecular weight is 418 g/mol. The fraction of sp³-hybridized carbons (Fsp3) is 0.286. The van der Waals surface area contributed by atoms with Crippen molar-refractivity contribution in [1.29, 1.82) is 0 Å². The van der Waals surface area contributed by atoms with Gasteiger partial charge in [0.2, 0.25) is 0 Å². The van der Waals surface area contributed by atoms with E-state index >= 15 is 0 Å². The predicted molar refractivity (Wildman–Crippen MR) is 90.6 cm³/mol. The topological polar surface area (TPSA) is 49.8 Å². The summed E-state index contributed by atoms with van der Waals surface area (Å²) in [7, 11) is 0. The van der Waals surface area contributed by atoms with Crippen molar-refractivity contribution in [3.8, 4) is 0 Å². The van der Waals surface area contributed by atoms with Gasteiger partial charge < -0.3 is 10.6 Å². The molecule has 0 fully saturated rings. The first kappa shape index (κ1) is 16.2. The maximum Gasteiger partial charge on any atom is 0.150 e. The summed E-state index contributed by atoms with van der Waals surface area (Å²) >= 11 is 6.65. The van der Waals surface area contributed by atoms with Crippen LogP contribution in [0.1, 0.15) is 18.9 Å². The van der Waals surface area contributed by atoms with Gasteiger partial charge in [-0.2, -0.15) is 0 Å². The van der Waals surface area contributed by atoms with Crippen LogP contribution >= 0.6 is 31.9 Å². The molecule has 112 valence electrons. The van der Waals surface area contributed by atoms with Crippen molar-refractivity contribution in [2.75, 3.05) is 17.2 Å². The zero-order valence-corrected chi connectivity index (χ0v) is 14.8. The van der Waals surface area contributed by atoms with Gasteiger partial charge in [0.15, 0.2) is 0 Å². The first-order valence-electron chi connectivity index (χ1n) is 6.50. The first-order valence-corrected chi connectivity index (χ1v) is 8.08. The summed E-state index contributed by atoms with van der Waals surface area (Å²) in [6.45, 7) is 4.80. The van der Waals surface area contributed by atoms with E-state index in [-0.39, 0.29) is 5.82 Å². The number of halogens is 3. The summed E-state index contributed by atoms with van der Waals surface area (Å²) in [6.07, 6.45) is 2.46. The molecule has 0 bridgehead atoms. The average Bonchev–Trinajstić information content (AvgIpc) is 2.45. The second kappa shape index (κ2) is 7.17. The molecule has 0 aliphatic rings.